The Balaban J connectivity index is 3.17. The fourth-order valence-electron chi connectivity index (χ4n) is 0.284. The van der Waals surface area contributed by atoms with Crippen LogP contribution in [-0.4, -0.2) is 22.1 Å². The van der Waals surface area contributed by atoms with Crippen LogP contribution in [0.25, 0.3) is 0 Å². The number of rotatable bonds is 3. The van der Waals surface area contributed by atoms with Crippen molar-refractivity contribution in [2.75, 3.05) is 0 Å². The molecule has 0 aliphatic heterocycles. The van der Waals surface area contributed by atoms with E-state index in [9.17, 15) is 13.2 Å². The minimum absolute atomic E-state index is 0.00231. The van der Waals surface area contributed by atoms with Crippen LogP contribution in [-0.2, 0) is 0 Å². The Bertz CT molecular complexity index is 57.2. The lowest BCUT2D eigenvalue weighted by Gasteiger charge is -2.01. The SMILES string of the molecule is C[Si]CC(F)C(F)F. The van der Waals surface area contributed by atoms with Crippen LogP contribution in [0, 0.1) is 0 Å². The predicted octanol–water partition coefficient (Wildman–Crippen LogP) is 1.76. The molecule has 8 heavy (non-hydrogen) atoms. The fourth-order valence-corrected chi connectivity index (χ4v) is 0.852. The first-order valence-electron chi connectivity index (χ1n) is 2.25. The van der Waals surface area contributed by atoms with Gasteiger partial charge in [0.2, 0.25) is 0 Å². The highest BCUT2D eigenvalue weighted by atomic mass is 28.2. The molecule has 0 N–H and O–H groups in total. The molecule has 0 saturated heterocycles. The van der Waals surface area contributed by atoms with Gasteiger partial charge in [-0.15, -0.1) is 0 Å². The molecule has 0 rings (SSSR count). The molecule has 1 unspecified atom stereocenters. The maximum absolute atomic E-state index is 11.8. The summed E-state index contributed by atoms with van der Waals surface area (Å²) in [5.41, 5.74) is 0. The zero-order valence-corrected chi connectivity index (χ0v) is 5.50. The van der Waals surface area contributed by atoms with E-state index in [2.05, 4.69) is 0 Å². The van der Waals surface area contributed by atoms with Crippen molar-refractivity contribution in [3.05, 3.63) is 0 Å². The third kappa shape index (κ3) is 3.07. The lowest BCUT2D eigenvalue weighted by Crippen LogP contribution is -2.12. The van der Waals surface area contributed by atoms with Gasteiger partial charge in [-0.1, -0.05) is 6.55 Å². The second kappa shape index (κ2) is 3.94. The van der Waals surface area contributed by atoms with Crippen molar-refractivity contribution in [1.82, 2.24) is 0 Å². The minimum atomic E-state index is -2.79. The summed E-state index contributed by atoms with van der Waals surface area (Å²) in [5, 5.41) is 0. The maximum Gasteiger partial charge on any atom is 0.269 e. The van der Waals surface area contributed by atoms with Crippen LogP contribution in [0.15, 0.2) is 0 Å². The number of hydrogen-bond acceptors (Lipinski definition) is 0. The molecule has 0 amide bonds. The molecule has 4 heteroatoms. The minimum Gasteiger partial charge on any atom is -0.242 e. The van der Waals surface area contributed by atoms with E-state index in [0.29, 0.717) is 0 Å². The monoisotopic (exact) mass is 140 g/mol. The van der Waals surface area contributed by atoms with Gasteiger partial charge in [0, 0.05) is 9.52 Å². The first-order valence-corrected chi connectivity index (χ1v) is 3.96. The zero-order chi connectivity index (χ0) is 6.57. The van der Waals surface area contributed by atoms with E-state index >= 15 is 0 Å². The third-order valence-corrected chi connectivity index (χ3v) is 1.47. The van der Waals surface area contributed by atoms with Crippen molar-refractivity contribution in [1.29, 1.82) is 0 Å². The number of halogens is 3. The van der Waals surface area contributed by atoms with Crippen molar-refractivity contribution in [3.63, 3.8) is 0 Å². The average Bonchev–Trinajstić information content (AvgIpc) is 1.67. The number of alkyl halides is 3. The molecule has 0 bridgehead atoms. The molecule has 0 aromatic heterocycles. The highest BCUT2D eigenvalue weighted by Gasteiger charge is 2.16. The molecule has 48 valence electrons. The van der Waals surface area contributed by atoms with Gasteiger partial charge in [0.15, 0.2) is 6.17 Å². The van der Waals surface area contributed by atoms with Crippen molar-refractivity contribution in [2.24, 2.45) is 0 Å². The summed E-state index contributed by atoms with van der Waals surface area (Å²) in [7, 11) is 0.276. The van der Waals surface area contributed by atoms with Crippen LogP contribution in [0.3, 0.4) is 0 Å². The van der Waals surface area contributed by atoms with E-state index in [-0.39, 0.29) is 15.6 Å². The highest BCUT2D eigenvalue weighted by molar-refractivity contribution is 6.33. The maximum atomic E-state index is 11.8. The molecule has 0 aliphatic carbocycles. The van der Waals surface area contributed by atoms with Crippen molar-refractivity contribution < 1.29 is 13.2 Å². The first-order chi connectivity index (χ1) is 3.68. The van der Waals surface area contributed by atoms with Gasteiger partial charge >= 0.3 is 0 Å². The molecule has 0 heterocycles. The summed E-state index contributed by atoms with van der Waals surface area (Å²) in [6.07, 6.45) is -4.69. The summed E-state index contributed by atoms with van der Waals surface area (Å²) in [6.45, 7) is 1.70. The molecule has 0 nitrogen and oxygen atoms in total. The molecule has 0 aliphatic rings. The van der Waals surface area contributed by atoms with E-state index < -0.39 is 12.6 Å². The van der Waals surface area contributed by atoms with Crippen LogP contribution in [0.5, 0.6) is 0 Å². The first kappa shape index (κ1) is 8.01. The molecule has 0 saturated carbocycles. The third-order valence-electron chi connectivity index (χ3n) is 0.673. The largest absolute Gasteiger partial charge is 0.269 e. The van der Waals surface area contributed by atoms with E-state index in [1.165, 1.54) is 0 Å². The van der Waals surface area contributed by atoms with E-state index in [1.54, 1.807) is 6.55 Å². The van der Waals surface area contributed by atoms with Crippen molar-refractivity contribution in [2.45, 2.75) is 25.2 Å². The molecule has 0 aromatic rings. The molecular weight excluding hydrogens is 133 g/mol. The standard InChI is InChI=1S/C4H7F3Si/c1-8-2-3(5)4(6)7/h3-4H,2H2,1H3. The number of hydrogen-bond donors (Lipinski definition) is 0. The van der Waals surface area contributed by atoms with Gasteiger partial charge in [-0.3, -0.25) is 0 Å². The lowest BCUT2D eigenvalue weighted by molar-refractivity contribution is 0.0603. The average molecular weight is 140 g/mol. The van der Waals surface area contributed by atoms with E-state index in [0.717, 1.165) is 0 Å². The van der Waals surface area contributed by atoms with Gasteiger partial charge in [-0.2, -0.15) is 0 Å². The molecule has 0 aromatic carbocycles. The second-order valence-electron chi connectivity index (χ2n) is 1.41. The molecule has 2 radical (unpaired) electrons. The summed E-state index contributed by atoms with van der Waals surface area (Å²) in [4.78, 5) is 0. The Morgan fingerprint density at radius 3 is 2.00 bits per heavy atom. The van der Waals surface area contributed by atoms with Gasteiger partial charge in [0.25, 0.3) is 6.43 Å². The van der Waals surface area contributed by atoms with Gasteiger partial charge in [-0.05, 0) is 6.04 Å². The van der Waals surface area contributed by atoms with Gasteiger partial charge < -0.3 is 0 Å². The summed E-state index contributed by atoms with van der Waals surface area (Å²) in [5.74, 6) is 0. The fraction of sp³-hybridized carbons (Fsp3) is 1.00. The van der Waals surface area contributed by atoms with Crippen molar-refractivity contribution in [3.8, 4) is 0 Å². The van der Waals surface area contributed by atoms with Crippen molar-refractivity contribution >= 4 is 9.52 Å². The topological polar surface area (TPSA) is 0 Å². The molecular formula is C4H7F3Si. The van der Waals surface area contributed by atoms with Gasteiger partial charge in [0.05, 0.1) is 0 Å². The van der Waals surface area contributed by atoms with E-state index in [1.807, 2.05) is 0 Å². The lowest BCUT2D eigenvalue weighted by atomic mass is 10.5. The smallest absolute Gasteiger partial charge is 0.242 e. The molecule has 1 atom stereocenters. The normalized spacial score (nSPS) is 14.6. The van der Waals surface area contributed by atoms with Crippen LogP contribution >= 0.6 is 0 Å². The Hall–Kier alpha value is 0.00688. The molecule has 0 spiro atoms. The Morgan fingerprint density at radius 2 is 1.88 bits per heavy atom. The predicted molar refractivity (Wildman–Crippen MR) is 27.3 cm³/mol. The van der Waals surface area contributed by atoms with Crippen LogP contribution in [0.4, 0.5) is 13.2 Å². The Labute approximate surface area is 48.9 Å². The summed E-state index contributed by atoms with van der Waals surface area (Å²) in [6, 6.07) is -0.00231. The zero-order valence-electron chi connectivity index (χ0n) is 4.50. The van der Waals surface area contributed by atoms with Crippen LogP contribution < -0.4 is 0 Å². The highest BCUT2D eigenvalue weighted by Crippen LogP contribution is 2.08. The quantitative estimate of drug-likeness (QED) is 0.524. The Morgan fingerprint density at radius 1 is 1.38 bits per heavy atom. The molecule has 0 fully saturated rings. The van der Waals surface area contributed by atoms with Gasteiger partial charge in [-0.25, -0.2) is 13.2 Å². The van der Waals surface area contributed by atoms with Gasteiger partial charge in [0.1, 0.15) is 0 Å². The van der Waals surface area contributed by atoms with E-state index in [4.69, 9.17) is 0 Å². The summed E-state index contributed by atoms with van der Waals surface area (Å²) < 4.78 is 34.3. The Kier molecular flexibility index (Phi) is 3.95. The summed E-state index contributed by atoms with van der Waals surface area (Å²) >= 11 is 0. The van der Waals surface area contributed by atoms with Crippen LogP contribution in [0.1, 0.15) is 0 Å². The van der Waals surface area contributed by atoms with Crippen LogP contribution in [0.2, 0.25) is 12.6 Å². The second-order valence-corrected chi connectivity index (χ2v) is 2.52.